The summed E-state index contributed by atoms with van der Waals surface area (Å²) in [5, 5.41) is 8.98. The van der Waals surface area contributed by atoms with Gasteiger partial charge in [0.2, 0.25) is 0 Å². The maximum Gasteiger partial charge on any atom is 0.254 e. The summed E-state index contributed by atoms with van der Waals surface area (Å²) in [6, 6.07) is 0.00743. The molecule has 1 heterocycles. The minimum atomic E-state index is -3.56. The highest BCUT2D eigenvalue weighted by Crippen LogP contribution is 2.32. The van der Waals surface area contributed by atoms with Crippen LogP contribution in [0.3, 0.4) is 0 Å². The molecule has 1 aromatic heterocycles. The lowest BCUT2D eigenvalue weighted by Gasteiger charge is -2.35. The zero-order valence-corrected chi connectivity index (χ0v) is 11.4. The normalized spacial score (nSPS) is 17.4. The van der Waals surface area contributed by atoms with E-state index in [-0.39, 0.29) is 27.9 Å². The second-order valence-corrected chi connectivity index (χ2v) is 7.59. The Morgan fingerprint density at radius 1 is 1.59 bits per heavy atom. The third kappa shape index (κ3) is 2.63. The average molecular weight is 297 g/mol. The summed E-state index contributed by atoms with van der Waals surface area (Å²) in [5.41, 5.74) is 0. The van der Waals surface area contributed by atoms with Gasteiger partial charge in [-0.3, -0.25) is 0 Å². The molecule has 1 fully saturated rings. The van der Waals surface area contributed by atoms with E-state index < -0.39 is 10.0 Å². The van der Waals surface area contributed by atoms with E-state index in [0.717, 1.165) is 30.6 Å². The lowest BCUT2D eigenvalue weighted by Crippen LogP contribution is -2.45. The first-order valence-corrected chi connectivity index (χ1v) is 7.93. The number of aliphatic hydroxyl groups excluding tert-OH is 1. The molecule has 8 heteroatoms. The number of aliphatic hydroxyl groups is 1. The van der Waals surface area contributed by atoms with E-state index in [0.29, 0.717) is 0 Å². The Kier molecular flexibility index (Phi) is 4.04. The van der Waals surface area contributed by atoms with E-state index in [4.69, 9.17) is 16.7 Å². The standard InChI is InChI=1S/C9H13ClN2O3S2/c10-9-11-6-8(16-9)17(14,15)12(4-5-13)7-2-1-3-7/h6-7,13H,1-5H2. The van der Waals surface area contributed by atoms with Crippen molar-refractivity contribution in [3.63, 3.8) is 0 Å². The van der Waals surface area contributed by atoms with Crippen molar-refractivity contribution in [1.29, 1.82) is 0 Å². The minimum absolute atomic E-state index is 0.00743. The molecule has 96 valence electrons. The van der Waals surface area contributed by atoms with Gasteiger partial charge in [-0.15, -0.1) is 0 Å². The Hall–Kier alpha value is -0.210. The summed E-state index contributed by atoms with van der Waals surface area (Å²) in [6.45, 7) is -0.0508. The van der Waals surface area contributed by atoms with Crippen LogP contribution in [0.15, 0.2) is 10.4 Å². The maximum absolute atomic E-state index is 12.3. The molecule has 0 bridgehead atoms. The van der Waals surface area contributed by atoms with E-state index in [2.05, 4.69) is 4.98 Å². The first-order valence-electron chi connectivity index (χ1n) is 5.29. The van der Waals surface area contributed by atoms with Gasteiger partial charge in [-0.1, -0.05) is 29.4 Å². The predicted octanol–water partition coefficient (Wildman–Crippen LogP) is 1.33. The largest absolute Gasteiger partial charge is 0.395 e. The smallest absolute Gasteiger partial charge is 0.254 e. The van der Waals surface area contributed by atoms with Gasteiger partial charge in [0.05, 0.1) is 12.8 Å². The Labute approximate surface area is 109 Å². The first-order chi connectivity index (χ1) is 8.05. The van der Waals surface area contributed by atoms with Gasteiger partial charge in [0, 0.05) is 12.6 Å². The fourth-order valence-corrected chi connectivity index (χ4v) is 4.85. The van der Waals surface area contributed by atoms with Crippen molar-refractivity contribution < 1.29 is 13.5 Å². The van der Waals surface area contributed by atoms with Crippen molar-refractivity contribution in [2.75, 3.05) is 13.2 Å². The molecular formula is C9H13ClN2O3S2. The molecule has 0 saturated heterocycles. The molecular weight excluding hydrogens is 284 g/mol. The van der Waals surface area contributed by atoms with Gasteiger partial charge in [-0.05, 0) is 12.8 Å². The third-order valence-corrected chi connectivity index (χ3v) is 6.32. The fraction of sp³-hybridized carbons (Fsp3) is 0.667. The van der Waals surface area contributed by atoms with Crippen LogP contribution in [0, 0.1) is 0 Å². The summed E-state index contributed by atoms with van der Waals surface area (Å²) < 4.78 is 26.3. The van der Waals surface area contributed by atoms with E-state index in [9.17, 15) is 8.42 Å². The van der Waals surface area contributed by atoms with Crippen LogP contribution in [0.4, 0.5) is 0 Å². The van der Waals surface area contributed by atoms with Gasteiger partial charge in [0.1, 0.15) is 0 Å². The zero-order valence-electron chi connectivity index (χ0n) is 9.04. The molecule has 0 atom stereocenters. The molecule has 17 heavy (non-hydrogen) atoms. The Bertz CT molecular complexity index is 484. The van der Waals surface area contributed by atoms with Crippen molar-refractivity contribution in [3.05, 3.63) is 10.7 Å². The van der Waals surface area contributed by atoms with Crippen LogP contribution >= 0.6 is 22.9 Å². The molecule has 1 aliphatic rings. The van der Waals surface area contributed by atoms with Crippen LogP contribution in [-0.4, -0.2) is 42.0 Å². The predicted molar refractivity (Wildman–Crippen MR) is 65.7 cm³/mol. The zero-order chi connectivity index (χ0) is 12.5. The second kappa shape index (κ2) is 5.19. The highest BCUT2D eigenvalue weighted by atomic mass is 35.5. The Morgan fingerprint density at radius 3 is 2.71 bits per heavy atom. The summed E-state index contributed by atoms with van der Waals surface area (Å²) in [6.07, 6.45) is 4.01. The van der Waals surface area contributed by atoms with Crippen LogP contribution < -0.4 is 0 Å². The van der Waals surface area contributed by atoms with Gasteiger partial charge in [-0.25, -0.2) is 13.4 Å². The van der Waals surface area contributed by atoms with Gasteiger partial charge in [-0.2, -0.15) is 4.31 Å². The number of halogens is 1. The van der Waals surface area contributed by atoms with E-state index in [1.807, 2.05) is 0 Å². The quantitative estimate of drug-likeness (QED) is 0.890. The van der Waals surface area contributed by atoms with Crippen molar-refractivity contribution in [2.24, 2.45) is 0 Å². The highest BCUT2D eigenvalue weighted by molar-refractivity contribution is 7.91. The lowest BCUT2D eigenvalue weighted by atomic mass is 9.93. The van der Waals surface area contributed by atoms with Crippen LogP contribution in [0.1, 0.15) is 19.3 Å². The van der Waals surface area contributed by atoms with Crippen molar-refractivity contribution in [2.45, 2.75) is 29.5 Å². The Balaban J connectivity index is 2.27. The second-order valence-electron chi connectivity index (χ2n) is 3.86. The van der Waals surface area contributed by atoms with Crippen LogP contribution in [0.5, 0.6) is 0 Å². The Morgan fingerprint density at radius 2 is 2.29 bits per heavy atom. The third-order valence-electron chi connectivity index (χ3n) is 2.82. The monoisotopic (exact) mass is 296 g/mol. The van der Waals surface area contributed by atoms with Crippen molar-refractivity contribution in [3.8, 4) is 0 Å². The molecule has 5 nitrogen and oxygen atoms in total. The van der Waals surface area contributed by atoms with E-state index in [1.54, 1.807) is 0 Å². The number of thiazole rings is 1. The lowest BCUT2D eigenvalue weighted by molar-refractivity contribution is 0.178. The first kappa shape index (κ1) is 13.2. The number of sulfonamides is 1. The highest BCUT2D eigenvalue weighted by Gasteiger charge is 2.35. The van der Waals surface area contributed by atoms with Crippen LogP contribution in [-0.2, 0) is 10.0 Å². The molecule has 0 aromatic carbocycles. The van der Waals surface area contributed by atoms with Gasteiger partial charge in [0.25, 0.3) is 10.0 Å². The van der Waals surface area contributed by atoms with E-state index >= 15 is 0 Å². The number of rotatable bonds is 5. The van der Waals surface area contributed by atoms with Crippen LogP contribution in [0.2, 0.25) is 4.47 Å². The number of hydrogen-bond acceptors (Lipinski definition) is 5. The fourth-order valence-electron chi connectivity index (χ4n) is 1.75. The number of nitrogens with zero attached hydrogens (tertiary/aromatic N) is 2. The van der Waals surface area contributed by atoms with Crippen molar-refractivity contribution >= 4 is 33.0 Å². The van der Waals surface area contributed by atoms with Gasteiger partial charge in [0.15, 0.2) is 8.68 Å². The molecule has 0 unspecified atom stereocenters. The average Bonchev–Trinajstić information content (AvgIpc) is 2.62. The minimum Gasteiger partial charge on any atom is -0.395 e. The topological polar surface area (TPSA) is 70.5 Å². The maximum atomic E-state index is 12.3. The summed E-state index contributed by atoms with van der Waals surface area (Å²) >= 11 is 6.59. The SMILES string of the molecule is O=S(=O)(c1cnc(Cl)s1)N(CCO)C1CCC1. The number of hydrogen-bond donors (Lipinski definition) is 1. The molecule has 2 rings (SSSR count). The number of aromatic nitrogens is 1. The molecule has 0 spiro atoms. The summed E-state index contributed by atoms with van der Waals surface area (Å²) in [5.74, 6) is 0. The molecule has 1 aliphatic carbocycles. The van der Waals surface area contributed by atoms with Crippen LogP contribution in [0.25, 0.3) is 0 Å². The van der Waals surface area contributed by atoms with Crippen molar-refractivity contribution in [1.82, 2.24) is 9.29 Å². The molecule has 1 N–H and O–H groups in total. The molecule has 0 amide bonds. The molecule has 0 radical (unpaired) electrons. The van der Waals surface area contributed by atoms with Gasteiger partial charge < -0.3 is 5.11 Å². The van der Waals surface area contributed by atoms with E-state index in [1.165, 1.54) is 10.5 Å². The summed E-state index contributed by atoms with van der Waals surface area (Å²) in [4.78, 5) is 3.74. The molecule has 0 aliphatic heterocycles. The molecule has 1 aromatic rings. The van der Waals surface area contributed by atoms with Gasteiger partial charge >= 0.3 is 0 Å². The summed E-state index contributed by atoms with van der Waals surface area (Å²) in [7, 11) is -3.56. The molecule has 1 saturated carbocycles.